The number of ether oxygens (including phenoxy) is 4. The van der Waals surface area contributed by atoms with Gasteiger partial charge in [0.25, 0.3) is 0 Å². The van der Waals surface area contributed by atoms with Crippen LogP contribution >= 0.6 is 11.6 Å². The number of hydrogen-bond acceptors (Lipinski definition) is 7. The van der Waals surface area contributed by atoms with Gasteiger partial charge < -0.3 is 24.1 Å². The Balaban J connectivity index is 1.70. The molecule has 2 atom stereocenters. The number of para-hydroxylation sites is 1. The lowest BCUT2D eigenvalue weighted by Crippen LogP contribution is -2.35. The Kier molecular flexibility index (Phi) is 5.90. The van der Waals surface area contributed by atoms with Crippen molar-refractivity contribution in [2.75, 3.05) is 21.3 Å². The van der Waals surface area contributed by atoms with E-state index in [2.05, 4.69) is 0 Å². The van der Waals surface area contributed by atoms with Gasteiger partial charge in [0.15, 0.2) is 23.0 Å². The van der Waals surface area contributed by atoms with E-state index >= 15 is 0 Å². The van der Waals surface area contributed by atoms with Crippen molar-refractivity contribution in [1.29, 1.82) is 0 Å². The van der Waals surface area contributed by atoms with Gasteiger partial charge >= 0.3 is 5.97 Å². The molecule has 9 heteroatoms. The van der Waals surface area contributed by atoms with Gasteiger partial charge in [0, 0.05) is 22.6 Å². The molecule has 0 aliphatic carbocycles. The molecule has 180 valence electrons. The van der Waals surface area contributed by atoms with Crippen molar-refractivity contribution in [3.05, 3.63) is 81.9 Å². The summed E-state index contributed by atoms with van der Waals surface area (Å²) in [6, 6.07) is 16.3. The van der Waals surface area contributed by atoms with E-state index in [0.29, 0.717) is 34.3 Å². The molecule has 2 aliphatic rings. The molecule has 3 aromatic carbocycles. The quantitative estimate of drug-likeness (QED) is 0.497. The second-order valence-corrected chi connectivity index (χ2v) is 8.51. The van der Waals surface area contributed by atoms with Crippen LogP contribution in [0, 0.1) is 0 Å². The molecule has 0 radical (unpaired) electrons. The first-order valence-electron chi connectivity index (χ1n) is 10.9. The lowest BCUT2D eigenvalue weighted by atomic mass is 9.94. The maximum atomic E-state index is 12.4. The van der Waals surface area contributed by atoms with Crippen LogP contribution < -0.4 is 18.9 Å². The SMILES string of the molecule is COc1cccc2c1O[C@H](c1ccc(OC)c(OC)c1C(=O)O)N1N=C(c3ccc(Cl)cc3)C[C@H]21. The minimum absolute atomic E-state index is 0.0518. The number of carboxylic acids is 1. The molecule has 0 unspecified atom stereocenters. The average Bonchev–Trinajstić information content (AvgIpc) is 3.33. The van der Waals surface area contributed by atoms with Crippen molar-refractivity contribution in [3.63, 3.8) is 0 Å². The van der Waals surface area contributed by atoms with E-state index in [1.807, 2.05) is 42.5 Å². The summed E-state index contributed by atoms with van der Waals surface area (Å²) in [5.41, 5.74) is 3.01. The van der Waals surface area contributed by atoms with Crippen molar-refractivity contribution in [2.45, 2.75) is 18.7 Å². The van der Waals surface area contributed by atoms with E-state index in [4.69, 9.17) is 35.6 Å². The zero-order valence-electron chi connectivity index (χ0n) is 19.3. The Morgan fingerprint density at radius 2 is 1.74 bits per heavy atom. The molecular weight excluding hydrogens is 472 g/mol. The Morgan fingerprint density at radius 3 is 2.40 bits per heavy atom. The van der Waals surface area contributed by atoms with Crippen LogP contribution in [0.15, 0.2) is 59.7 Å². The Bertz CT molecular complexity index is 1320. The highest BCUT2D eigenvalue weighted by Gasteiger charge is 2.44. The zero-order valence-corrected chi connectivity index (χ0v) is 20.1. The van der Waals surface area contributed by atoms with E-state index in [0.717, 1.165) is 16.8 Å². The standard InChI is InChI=1S/C26H23ClN2O6/c1-32-20-6-4-5-16-19-13-18(14-7-9-15(27)10-8-14)28-29(19)25(35-23(16)20)17-11-12-21(33-2)24(34-3)22(17)26(30)31/h4-12,19,25H,13H2,1-3H3,(H,30,31)/t19-,25-/m1/s1. The number of hydrogen-bond donors (Lipinski definition) is 1. The number of carboxylic acid groups (broad SMARTS) is 1. The first kappa shape index (κ1) is 22.9. The zero-order chi connectivity index (χ0) is 24.7. The molecule has 0 bridgehead atoms. The number of aromatic carboxylic acids is 1. The number of halogens is 1. The van der Waals surface area contributed by atoms with Crippen LogP contribution in [-0.2, 0) is 0 Å². The molecule has 35 heavy (non-hydrogen) atoms. The van der Waals surface area contributed by atoms with Gasteiger partial charge in [0.05, 0.1) is 33.1 Å². The highest BCUT2D eigenvalue weighted by atomic mass is 35.5. The smallest absolute Gasteiger partial charge is 0.340 e. The normalized spacial score (nSPS) is 18.2. The molecule has 8 nitrogen and oxygen atoms in total. The summed E-state index contributed by atoms with van der Waals surface area (Å²) in [7, 11) is 4.44. The first-order chi connectivity index (χ1) is 17.0. The molecule has 0 fully saturated rings. The Labute approximate surface area is 207 Å². The van der Waals surface area contributed by atoms with E-state index in [1.165, 1.54) is 14.2 Å². The van der Waals surface area contributed by atoms with Gasteiger partial charge in [-0.1, -0.05) is 35.9 Å². The fourth-order valence-corrected chi connectivity index (χ4v) is 4.76. The molecule has 0 saturated heterocycles. The summed E-state index contributed by atoms with van der Waals surface area (Å²) < 4.78 is 22.8. The van der Waals surface area contributed by atoms with Crippen molar-refractivity contribution in [2.24, 2.45) is 5.10 Å². The Morgan fingerprint density at radius 1 is 1.00 bits per heavy atom. The molecule has 0 spiro atoms. The van der Waals surface area contributed by atoms with Crippen LogP contribution in [0.5, 0.6) is 23.0 Å². The summed E-state index contributed by atoms with van der Waals surface area (Å²) in [6.07, 6.45) is -0.253. The van der Waals surface area contributed by atoms with Crippen molar-refractivity contribution in [3.8, 4) is 23.0 Å². The number of methoxy groups -OCH3 is 3. The van der Waals surface area contributed by atoms with Gasteiger partial charge in [-0.2, -0.15) is 5.10 Å². The molecule has 2 aliphatic heterocycles. The van der Waals surface area contributed by atoms with E-state index in [9.17, 15) is 9.90 Å². The van der Waals surface area contributed by atoms with Crippen LogP contribution in [0.1, 0.15) is 45.7 Å². The van der Waals surface area contributed by atoms with Crippen molar-refractivity contribution in [1.82, 2.24) is 5.01 Å². The minimum Gasteiger partial charge on any atom is -0.493 e. The van der Waals surface area contributed by atoms with E-state index in [-0.39, 0.29) is 17.4 Å². The minimum atomic E-state index is -1.16. The van der Waals surface area contributed by atoms with Crippen molar-refractivity contribution >= 4 is 23.3 Å². The summed E-state index contributed by atoms with van der Waals surface area (Å²) in [5, 5.41) is 17.5. The summed E-state index contributed by atoms with van der Waals surface area (Å²) in [5.74, 6) is 0.377. The molecule has 0 amide bonds. The molecule has 5 rings (SSSR count). The molecule has 3 aromatic rings. The number of benzene rings is 3. The van der Waals surface area contributed by atoms with Crippen molar-refractivity contribution < 1.29 is 28.8 Å². The summed E-state index contributed by atoms with van der Waals surface area (Å²) in [6.45, 7) is 0. The third kappa shape index (κ3) is 3.80. The second-order valence-electron chi connectivity index (χ2n) is 8.07. The number of carbonyl (C=O) groups is 1. The largest absolute Gasteiger partial charge is 0.493 e. The van der Waals surface area contributed by atoms with Crippen LogP contribution in [0.25, 0.3) is 0 Å². The number of nitrogens with zero attached hydrogens (tertiary/aromatic N) is 2. The predicted octanol–water partition coefficient (Wildman–Crippen LogP) is 5.31. The third-order valence-electron chi connectivity index (χ3n) is 6.24. The number of rotatable bonds is 6. The summed E-state index contributed by atoms with van der Waals surface area (Å²) >= 11 is 6.08. The van der Waals surface area contributed by atoms with E-state index in [1.54, 1.807) is 24.3 Å². The fourth-order valence-electron chi connectivity index (χ4n) is 4.64. The van der Waals surface area contributed by atoms with Crippen LogP contribution in [0.2, 0.25) is 5.02 Å². The topological polar surface area (TPSA) is 89.8 Å². The molecule has 0 saturated carbocycles. The van der Waals surface area contributed by atoms with Crippen LogP contribution in [-0.4, -0.2) is 43.1 Å². The molecule has 0 aromatic heterocycles. The highest BCUT2D eigenvalue weighted by molar-refractivity contribution is 6.30. The maximum Gasteiger partial charge on any atom is 0.340 e. The monoisotopic (exact) mass is 494 g/mol. The molecular formula is C26H23ClN2O6. The second kappa shape index (κ2) is 9.03. The van der Waals surface area contributed by atoms with Crippen LogP contribution in [0.3, 0.4) is 0 Å². The van der Waals surface area contributed by atoms with Gasteiger partial charge in [0.1, 0.15) is 5.56 Å². The Hall–Kier alpha value is -3.91. The lowest BCUT2D eigenvalue weighted by Gasteiger charge is -2.39. The van der Waals surface area contributed by atoms with Gasteiger partial charge in [-0.15, -0.1) is 0 Å². The molecule has 1 N–H and O–H groups in total. The highest BCUT2D eigenvalue weighted by Crippen LogP contribution is 2.52. The predicted molar refractivity (Wildman–Crippen MR) is 130 cm³/mol. The maximum absolute atomic E-state index is 12.4. The third-order valence-corrected chi connectivity index (χ3v) is 6.49. The van der Waals surface area contributed by atoms with Gasteiger partial charge in [-0.05, 0) is 35.9 Å². The average molecular weight is 495 g/mol. The van der Waals surface area contributed by atoms with Crippen LogP contribution in [0.4, 0.5) is 0 Å². The molecule has 2 heterocycles. The summed E-state index contributed by atoms with van der Waals surface area (Å²) in [4.78, 5) is 12.4. The van der Waals surface area contributed by atoms with E-state index < -0.39 is 12.2 Å². The first-order valence-corrected chi connectivity index (χ1v) is 11.3. The lowest BCUT2D eigenvalue weighted by molar-refractivity contribution is -0.0217. The van der Waals surface area contributed by atoms with Gasteiger partial charge in [0.2, 0.25) is 6.23 Å². The van der Waals surface area contributed by atoms with Gasteiger partial charge in [-0.3, -0.25) is 0 Å². The fraction of sp³-hybridized carbons (Fsp3) is 0.231. The van der Waals surface area contributed by atoms with Gasteiger partial charge in [-0.25, -0.2) is 9.80 Å². The number of hydrazone groups is 1. The number of fused-ring (bicyclic) bond motifs is 3.